The highest BCUT2D eigenvalue weighted by atomic mass is 32.2. The van der Waals surface area contributed by atoms with Crippen molar-refractivity contribution in [1.82, 2.24) is 10.0 Å². The minimum absolute atomic E-state index is 0.0263. The molecule has 1 unspecified atom stereocenters. The van der Waals surface area contributed by atoms with Gasteiger partial charge in [0, 0.05) is 5.69 Å². The number of nitrogens with one attached hydrogen (secondary N) is 2. The topological polar surface area (TPSA) is 118 Å². The largest absolute Gasteiger partial charge is 0.399 e. The maximum Gasteiger partial charge on any atom is 0.264 e. The molecule has 0 aliphatic heterocycles. The van der Waals surface area contributed by atoms with Crippen LogP contribution < -0.4 is 15.8 Å². The van der Waals surface area contributed by atoms with E-state index < -0.39 is 33.8 Å². The molecule has 5 aromatic rings. The zero-order valence-electron chi connectivity index (χ0n) is 22.1. The van der Waals surface area contributed by atoms with Crippen molar-refractivity contribution >= 4 is 38.3 Å². The number of carbonyl (C=O) groups excluding carboxylic acids is 2. The Labute approximate surface area is 239 Å². The van der Waals surface area contributed by atoms with Gasteiger partial charge in [-0.25, -0.2) is 13.1 Å². The smallest absolute Gasteiger partial charge is 0.264 e. The minimum Gasteiger partial charge on any atom is -0.399 e. The molecule has 0 heterocycles. The fourth-order valence-corrected chi connectivity index (χ4v) is 5.74. The van der Waals surface area contributed by atoms with Crippen molar-refractivity contribution < 1.29 is 18.0 Å². The van der Waals surface area contributed by atoms with E-state index in [0.717, 1.165) is 16.5 Å². The number of nitrogen functional groups attached to an aromatic ring is 1. The molecule has 0 fully saturated rings. The number of carbonyl (C=O) groups is 2. The van der Waals surface area contributed by atoms with Crippen LogP contribution in [0.25, 0.3) is 10.8 Å². The quantitative estimate of drug-likeness (QED) is 0.172. The lowest BCUT2D eigenvalue weighted by atomic mass is 9.94. The fraction of sp³-hybridized carbons (Fsp3) is 0.0909. The second kappa shape index (κ2) is 12.1. The van der Waals surface area contributed by atoms with Gasteiger partial charge in [0.25, 0.3) is 10.0 Å². The first-order chi connectivity index (χ1) is 19.8. The van der Waals surface area contributed by atoms with Crippen LogP contribution in [0.15, 0.2) is 132 Å². The molecular formula is C33H29N3O4S. The van der Waals surface area contributed by atoms with Crippen LogP contribution >= 0.6 is 0 Å². The van der Waals surface area contributed by atoms with E-state index in [0.29, 0.717) is 16.6 Å². The molecule has 0 bridgehead atoms. The Kier molecular flexibility index (Phi) is 8.12. The van der Waals surface area contributed by atoms with Gasteiger partial charge in [-0.1, -0.05) is 103 Å². The third-order valence-corrected chi connectivity index (χ3v) is 8.22. The minimum atomic E-state index is -4.26. The number of hydrogen-bond acceptors (Lipinski definition) is 5. The monoisotopic (exact) mass is 563 g/mol. The highest BCUT2D eigenvalue weighted by molar-refractivity contribution is 7.90. The van der Waals surface area contributed by atoms with E-state index >= 15 is 0 Å². The van der Waals surface area contributed by atoms with Gasteiger partial charge in [-0.2, -0.15) is 0 Å². The predicted octanol–water partition coefficient (Wildman–Crippen LogP) is 4.99. The molecule has 5 rings (SSSR count). The molecule has 2 amide bonds. The summed E-state index contributed by atoms with van der Waals surface area (Å²) >= 11 is 0. The number of amides is 2. The van der Waals surface area contributed by atoms with Gasteiger partial charge in [-0.15, -0.1) is 0 Å². The van der Waals surface area contributed by atoms with Crippen molar-refractivity contribution in [3.63, 3.8) is 0 Å². The zero-order chi connectivity index (χ0) is 28.8. The summed E-state index contributed by atoms with van der Waals surface area (Å²) < 4.78 is 28.7. The number of rotatable bonds is 9. The lowest BCUT2D eigenvalue weighted by Crippen LogP contribution is -2.45. The van der Waals surface area contributed by atoms with Crippen molar-refractivity contribution in [2.24, 2.45) is 5.92 Å². The van der Waals surface area contributed by atoms with E-state index in [9.17, 15) is 18.0 Å². The lowest BCUT2D eigenvalue weighted by Gasteiger charge is -2.23. The number of sulfonamides is 1. The number of nitrogens with two attached hydrogens (primary N) is 1. The summed E-state index contributed by atoms with van der Waals surface area (Å²) in [5.41, 5.74) is 8.66. The normalized spacial score (nSPS) is 12.1. The van der Waals surface area contributed by atoms with Gasteiger partial charge in [0.1, 0.15) is 5.92 Å². The van der Waals surface area contributed by atoms with Crippen LogP contribution in [0.5, 0.6) is 0 Å². The fourth-order valence-electron chi connectivity index (χ4n) is 4.68. The first kappa shape index (κ1) is 27.6. The maximum absolute atomic E-state index is 13.8. The summed E-state index contributed by atoms with van der Waals surface area (Å²) in [4.78, 5) is 27.3. The highest BCUT2D eigenvalue weighted by Crippen LogP contribution is 2.24. The molecular weight excluding hydrogens is 534 g/mol. The molecule has 206 valence electrons. The summed E-state index contributed by atoms with van der Waals surface area (Å²) in [5, 5.41) is 4.57. The Balaban J connectivity index is 1.45. The molecule has 0 saturated carbocycles. The van der Waals surface area contributed by atoms with E-state index in [4.69, 9.17) is 5.73 Å². The molecule has 7 nitrogen and oxygen atoms in total. The van der Waals surface area contributed by atoms with Gasteiger partial charge >= 0.3 is 0 Å². The highest BCUT2D eigenvalue weighted by Gasteiger charge is 2.32. The van der Waals surface area contributed by atoms with Crippen molar-refractivity contribution in [2.45, 2.75) is 17.4 Å². The van der Waals surface area contributed by atoms with Gasteiger partial charge < -0.3 is 11.1 Å². The van der Waals surface area contributed by atoms with Crippen LogP contribution in [0.1, 0.15) is 22.7 Å². The van der Waals surface area contributed by atoms with Crippen molar-refractivity contribution in [2.75, 3.05) is 5.73 Å². The van der Waals surface area contributed by atoms with Gasteiger partial charge in [-0.05, 0) is 58.1 Å². The van der Waals surface area contributed by atoms with Crippen LogP contribution in [-0.4, -0.2) is 20.2 Å². The number of fused-ring (bicyclic) bond motifs is 1. The summed E-state index contributed by atoms with van der Waals surface area (Å²) in [7, 11) is -4.26. The lowest BCUT2D eigenvalue weighted by molar-refractivity contribution is -0.134. The first-order valence-corrected chi connectivity index (χ1v) is 14.6. The van der Waals surface area contributed by atoms with E-state index in [1.807, 2.05) is 72.8 Å². The average molecular weight is 564 g/mol. The van der Waals surface area contributed by atoms with Crippen molar-refractivity contribution in [1.29, 1.82) is 0 Å². The van der Waals surface area contributed by atoms with Crippen LogP contribution in [0.3, 0.4) is 0 Å². The Hall–Kier alpha value is -4.95. The van der Waals surface area contributed by atoms with Gasteiger partial charge in [0.15, 0.2) is 0 Å². The van der Waals surface area contributed by atoms with Gasteiger partial charge in [0.2, 0.25) is 11.8 Å². The Morgan fingerprint density at radius 1 is 0.659 bits per heavy atom. The van der Waals surface area contributed by atoms with E-state index in [1.54, 1.807) is 42.5 Å². The Bertz CT molecular complexity index is 1740. The molecule has 0 saturated heterocycles. The molecule has 0 aliphatic carbocycles. The van der Waals surface area contributed by atoms with Crippen LogP contribution in [0.4, 0.5) is 5.69 Å². The standard InChI is InChI=1S/C33H29N3O4S/c34-28-18-15-23(16-19-28)21-30(32(37)35-31(25-10-3-1-4-11-25)26-12-5-2-6-13-26)33(38)36-41(39,40)29-20-17-24-9-7-8-14-27(24)22-29/h1-20,22,30-31H,21,34H2,(H,35,37)(H,36,38). The molecule has 0 aromatic heterocycles. The zero-order valence-corrected chi connectivity index (χ0v) is 22.9. The van der Waals surface area contributed by atoms with Gasteiger partial charge in [-0.3, -0.25) is 9.59 Å². The van der Waals surface area contributed by atoms with Crippen molar-refractivity contribution in [3.8, 4) is 0 Å². The van der Waals surface area contributed by atoms with Crippen molar-refractivity contribution in [3.05, 3.63) is 144 Å². The van der Waals surface area contributed by atoms with Crippen LogP contribution in [-0.2, 0) is 26.0 Å². The van der Waals surface area contributed by atoms with E-state index in [1.165, 1.54) is 12.1 Å². The number of hydrogen-bond donors (Lipinski definition) is 3. The first-order valence-electron chi connectivity index (χ1n) is 13.1. The van der Waals surface area contributed by atoms with Crippen LogP contribution in [0.2, 0.25) is 0 Å². The molecule has 0 radical (unpaired) electrons. The van der Waals surface area contributed by atoms with Gasteiger partial charge in [0.05, 0.1) is 10.9 Å². The Morgan fingerprint density at radius 3 is 1.83 bits per heavy atom. The van der Waals surface area contributed by atoms with Crippen LogP contribution in [0, 0.1) is 5.92 Å². The molecule has 5 aromatic carbocycles. The molecule has 1 atom stereocenters. The molecule has 8 heteroatoms. The molecule has 4 N–H and O–H groups in total. The second-order valence-corrected chi connectivity index (χ2v) is 11.4. The molecule has 0 spiro atoms. The third-order valence-electron chi connectivity index (χ3n) is 6.87. The summed E-state index contributed by atoms with van der Waals surface area (Å²) in [6.07, 6.45) is -0.0263. The number of benzene rings is 5. The average Bonchev–Trinajstić information content (AvgIpc) is 2.99. The third kappa shape index (κ3) is 6.62. The van der Waals surface area contributed by atoms with E-state index in [2.05, 4.69) is 10.0 Å². The summed E-state index contributed by atoms with van der Waals surface area (Å²) in [5.74, 6) is -2.87. The summed E-state index contributed by atoms with van der Waals surface area (Å²) in [6, 6.07) is 36.9. The SMILES string of the molecule is Nc1ccc(CC(C(=O)NC(c2ccccc2)c2ccccc2)C(=O)NS(=O)(=O)c2ccc3ccccc3c2)cc1. The summed E-state index contributed by atoms with van der Waals surface area (Å²) in [6.45, 7) is 0. The molecule has 0 aliphatic rings. The predicted molar refractivity (Wildman–Crippen MR) is 160 cm³/mol. The Morgan fingerprint density at radius 2 is 1.22 bits per heavy atom. The second-order valence-electron chi connectivity index (χ2n) is 9.74. The maximum atomic E-state index is 13.8. The van der Waals surface area contributed by atoms with E-state index in [-0.39, 0.29) is 11.3 Å². The molecule has 41 heavy (non-hydrogen) atoms. The number of anilines is 1.